The molecule has 0 aliphatic rings. The number of aromatic amines is 1. The van der Waals surface area contributed by atoms with Crippen LogP contribution < -0.4 is 16.2 Å². The molecule has 0 aliphatic heterocycles. The van der Waals surface area contributed by atoms with Crippen molar-refractivity contribution in [1.29, 1.82) is 0 Å². The Hall–Kier alpha value is -2.41. The van der Waals surface area contributed by atoms with Gasteiger partial charge in [-0.3, -0.25) is 9.59 Å². The van der Waals surface area contributed by atoms with Crippen molar-refractivity contribution in [2.24, 2.45) is 5.92 Å². The summed E-state index contributed by atoms with van der Waals surface area (Å²) in [5, 5.41) is 14.8. The highest BCUT2D eigenvalue weighted by Gasteiger charge is 2.12. The van der Waals surface area contributed by atoms with Crippen molar-refractivity contribution >= 4 is 46.4 Å². The van der Waals surface area contributed by atoms with Gasteiger partial charge in [-0.15, -0.1) is 12.4 Å². The predicted molar refractivity (Wildman–Crippen MR) is 130 cm³/mol. The first-order valence-corrected chi connectivity index (χ1v) is 10.6. The monoisotopic (exact) mass is 462 g/mol. The zero-order valence-corrected chi connectivity index (χ0v) is 19.3. The quantitative estimate of drug-likeness (QED) is 0.389. The minimum absolute atomic E-state index is 0. The van der Waals surface area contributed by atoms with Crippen LogP contribution in [0.4, 0.5) is 5.69 Å². The van der Waals surface area contributed by atoms with Gasteiger partial charge in [0.2, 0.25) is 5.91 Å². The van der Waals surface area contributed by atoms with Crippen molar-refractivity contribution in [1.82, 2.24) is 15.5 Å². The van der Waals surface area contributed by atoms with E-state index < -0.39 is 0 Å². The second-order valence-corrected chi connectivity index (χ2v) is 8.15. The SMILES string of the molecule is CC(C)CNCCCCC(=O)Nc1cc(-c2n[nH]c(=O)c3ccccc23)ccc1Cl.Cl. The molecule has 0 saturated carbocycles. The number of hydrogen-bond donors (Lipinski definition) is 3. The van der Waals surface area contributed by atoms with E-state index in [1.165, 1.54) is 0 Å². The van der Waals surface area contributed by atoms with Gasteiger partial charge < -0.3 is 10.6 Å². The fourth-order valence-electron chi connectivity index (χ4n) is 3.24. The molecular formula is C23H28Cl2N4O2. The molecule has 2 aromatic carbocycles. The number of unbranched alkanes of at least 4 members (excludes halogenated alkanes) is 1. The van der Waals surface area contributed by atoms with Gasteiger partial charge >= 0.3 is 0 Å². The van der Waals surface area contributed by atoms with E-state index in [1.807, 2.05) is 24.3 Å². The van der Waals surface area contributed by atoms with Crippen LogP contribution in [0.15, 0.2) is 47.3 Å². The molecular weight excluding hydrogens is 435 g/mol. The smallest absolute Gasteiger partial charge is 0.272 e. The molecule has 0 fully saturated rings. The summed E-state index contributed by atoms with van der Waals surface area (Å²) in [6.07, 6.45) is 2.19. The molecule has 3 rings (SSSR count). The second-order valence-electron chi connectivity index (χ2n) is 7.74. The standard InChI is InChI=1S/C23H27ClN4O2.ClH/c1-15(2)14-25-12-6-5-9-21(29)26-20-13-16(10-11-19(20)24)22-17-7-3-4-8-18(17)23(30)28-27-22;/h3-4,7-8,10-11,13,15,25H,5-6,9,12,14H2,1-2H3,(H,26,29)(H,28,30);1H. The molecule has 0 atom stereocenters. The topological polar surface area (TPSA) is 86.9 Å². The van der Waals surface area contributed by atoms with E-state index in [4.69, 9.17) is 11.6 Å². The number of carbonyl (C=O) groups excluding carboxylic acids is 1. The Morgan fingerprint density at radius 1 is 1.13 bits per heavy atom. The molecule has 0 saturated heterocycles. The minimum atomic E-state index is -0.236. The Morgan fingerprint density at radius 3 is 2.61 bits per heavy atom. The maximum Gasteiger partial charge on any atom is 0.272 e. The Bertz CT molecular complexity index is 1080. The second kappa shape index (κ2) is 11.8. The number of hydrogen-bond acceptors (Lipinski definition) is 4. The molecule has 0 spiro atoms. The Kier molecular flexibility index (Phi) is 9.49. The first-order valence-electron chi connectivity index (χ1n) is 10.2. The van der Waals surface area contributed by atoms with Crippen LogP contribution in [-0.4, -0.2) is 29.2 Å². The number of halogens is 2. The maximum atomic E-state index is 12.4. The van der Waals surface area contributed by atoms with Crippen molar-refractivity contribution in [2.75, 3.05) is 18.4 Å². The highest BCUT2D eigenvalue weighted by molar-refractivity contribution is 6.33. The average Bonchev–Trinajstić information content (AvgIpc) is 2.73. The minimum Gasteiger partial charge on any atom is -0.325 e. The number of rotatable bonds is 9. The molecule has 3 N–H and O–H groups in total. The summed E-state index contributed by atoms with van der Waals surface area (Å²) < 4.78 is 0. The van der Waals surface area contributed by atoms with Crippen LogP contribution in [0.2, 0.25) is 5.02 Å². The Labute approximate surface area is 193 Å². The maximum absolute atomic E-state index is 12.4. The van der Waals surface area contributed by atoms with Crippen LogP contribution >= 0.6 is 24.0 Å². The van der Waals surface area contributed by atoms with Gasteiger partial charge in [-0.05, 0) is 50.0 Å². The lowest BCUT2D eigenvalue weighted by Crippen LogP contribution is -2.21. The molecule has 6 nitrogen and oxygen atoms in total. The van der Waals surface area contributed by atoms with Crippen LogP contribution in [0.3, 0.4) is 0 Å². The lowest BCUT2D eigenvalue weighted by Gasteiger charge is -2.11. The molecule has 0 unspecified atom stereocenters. The number of aromatic nitrogens is 2. The van der Waals surface area contributed by atoms with Crippen molar-refractivity contribution in [3.8, 4) is 11.3 Å². The first kappa shape index (κ1) is 24.9. The van der Waals surface area contributed by atoms with Crippen LogP contribution in [0.1, 0.15) is 33.1 Å². The number of nitrogens with one attached hydrogen (secondary N) is 3. The predicted octanol–water partition coefficient (Wildman–Crippen LogP) is 5.02. The summed E-state index contributed by atoms with van der Waals surface area (Å²) >= 11 is 6.30. The fraction of sp³-hybridized carbons (Fsp3) is 0.348. The highest BCUT2D eigenvalue weighted by Crippen LogP contribution is 2.30. The third-order valence-electron chi connectivity index (χ3n) is 4.77. The van der Waals surface area contributed by atoms with Crippen molar-refractivity contribution in [3.63, 3.8) is 0 Å². The molecule has 0 aliphatic carbocycles. The third kappa shape index (κ3) is 6.79. The van der Waals surface area contributed by atoms with Gasteiger partial charge in [0.25, 0.3) is 5.56 Å². The normalized spacial score (nSPS) is 10.8. The number of benzene rings is 2. The van der Waals surface area contributed by atoms with Gasteiger partial charge in [0, 0.05) is 17.4 Å². The van der Waals surface area contributed by atoms with Crippen LogP contribution in [0.5, 0.6) is 0 Å². The van der Waals surface area contributed by atoms with Gasteiger partial charge in [0.1, 0.15) is 0 Å². The Morgan fingerprint density at radius 2 is 1.87 bits per heavy atom. The van der Waals surface area contributed by atoms with E-state index in [2.05, 4.69) is 34.7 Å². The van der Waals surface area contributed by atoms with Gasteiger partial charge in [0.15, 0.2) is 0 Å². The average molecular weight is 463 g/mol. The Balaban J connectivity index is 0.00000341. The number of amides is 1. The summed E-state index contributed by atoms with van der Waals surface area (Å²) in [7, 11) is 0. The summed E-state index contributed by atoms with van der Waals surface area (Å²) in [6.45, 7) is 6.24. The van der Waals surface area contributed by atoms with E-state index in [0.29, 0.717) is 34.1 Å². The molecule has 1 amide bonds. The number of H-pyrrole nitrogens is 1. The van der Waals surface area contributed by atoms with Crippen LogP contribution in [0.25, 0.3) is 22.0 Å². The number of carbonyl (C=O) groups is 1. The van der Waals surface area contributed by atoms with Crippen LogP contribution in [-0.2, 0) is 4.79 Å². The summed E-state index contributed by atoms with van der Waals surface area (Å²) in [5.41, 5.74) is 1.70. The van der Waals surface area contributed by atoms with Crippen LogP contribution in [0, 0.1) is 5.92 Å². The van der Waals surface area contributed by atoms with Crippen molar-refractivity contribution < 1.29 is 4.79 Å². The van der Waals surface area contributed by atoms with E-state index in [0.717, 1.165) is 36.9 Å². The van der Waals surface area contributed by atoms with E-state index in [9.17, 15) is 9.59 Å². The molecule has 0 radical (unpaired) electrons. The first-order chi connectivity index (χ1) is 14.5. The highest BCUT2D eigenvalue weighted by atomic mass is 35.5. The summed E-state index contributed by atoms with van der Waals surface area (Å²) in [4.78, 5) is 24.4. The molecule has 1 heterocycles. The zero-order chi connectivity index (χ0) is 21.5. The number of nitrogens with zero attached hydrogens (tertiary/aromatic N) is 1. The molecule has 31 heavy (non-hydrogen) atoms. The van der Waals surface area contributed by atoms with Gasteiger partial charge in [-0.1, -0.05) is 49.7 Å². The lowest BCUT2D eigenvalue weighted by atomic mass is 10.0. The van der Waals surface area contributed by atoms with E-state index in [1.54, 1.807) is 18.2 Å². The molecule has 3 aromatic rings. The molecule has 0 bridgehead atoms. The molecule has 1 aromatic heterocycles. The third-order valence-corrected chi connectivity index (χ3v) is 5.10. The fourth-order valence-corrected chi connectivity index (χ4v) is 3.41. The van der Waals surface area contributed by atoms with Crippen molar-refractivity contribution in [2.45, 2.75) is 33.1 Å². The van der Waals surface area contributed by atoms with E-state index in [-0.39, 0.29) is 23.9 Å². The van der Waals surface area contributed by atoms with Gasteiger partial charge in [0.05, 0.1) is 21.8 Å². The summed E-state index contributed by atoms with van der Waals surface area (Å²) in [6, 6.07) is 12.6. The van der Waals surface area contributed by atoms with E-state index >= 15 is 0 Å². The molecule has 166 valence electrons. The summed E-state index contributed by atoms with van der Waals surface area (Å²) in [5.74, 6) is 0.550. The van der Waals surface area contributed by atoms with Gasteiger partial charge in [-0.25, -0.2) is 5.10 Å². The molecule has 8 heteroatoms. The van der Waals surface area contributed by atoms with Crippen molar-refractivity contribution in [3.05, 3.63) is 57.8 Å². The van der Waals surface area contributed by atoms with Gasteiger partial charge in [-0.2, -0.15) is 5.10 Å². The lowest BCUT2D eigenvalue weighted by molar-refractivity contribution is -0.116. The zero-order valence-electron chi connectivity index (χ0n) is 17.7. The number of fused-ring (bicyclic) bond motifs is 1. The largest absolute Gasteiger partial charge is 0.325 e. The number of anilines is 1.